The normalized spacial score (nSPS) is 11.4. The van der Waals surface area contributed by atoms with E-state index in [9.17, 15) is 0 Å². The SMILES string of the molecule is c1ccc(-c2nc(-c3ccccc3)nc(-c3ccc(-c4ccc(-c5ccc6sc7ccccc7c6c5)cc4)c4ccccc34)n2)cc1. The van der Waals surface area contributed by atoms with Crippen molar-refractivity contribution < 1.29 is 0 Å². The number of hydrogen-bond acceptors (Lipinski definition) is 4. The average Bonchev–Trinajstić information content (AvgIpc) is 3.53. The Morgan fingerprint density at radius 2 is 0.787 bits per heavy atom. The average molecular weight is 618 g/mol. The molecule has 9 aromatic rings. The molecule has 220 valence electrons. The lowest BCUT2D eigenvalue weighted by atomic mass is 9.93. The summed E-state index contributed by atoms with van der Waals surface area (Å²) in [5.74, 6) is 1.98. The Bertz CT molecular complexity index is 2500. The molecule has 0 aliphatic carbocycles. The number of thiophene rings is 1. The second kappa shape index (κ2) is 11.4. The molecule has 0 radical (unpaired) electrons. The van der Waals surface area contributed by atoms with Gasteiger partial charge in [0.1, 0.15) is 0 Å². The van der Waals surface area contributed by atoms with Gasteiger partial charge < -0.3 is 0 Å². The van der Waals surface area contributed by atoms with Gasteiger partial charge in [0.15, 0.2) is 17.5 Å². The predicted molar refractivity (Wildman–Crippen MR) is 197 cm³/mol. The van der Waals surface area contributed by atoms with E-state index in [4.69, 9.17) is 15.0 Å². The molecular weight excluding hydrogens is 591 g/mol. The molecule has 4 heteroatoms. The fourth-order valence-electron chi connectivity index (χ4n) is 6.42. The van der Waals surface area contributed by atoms with Crippen molar-refractivity contribution in [2.45, 2.75) is 0 Å². The van der Waals surface area contributed by atoms with Crippen molar-refractivity contribution in [2.24, 2.45) is 0 Å². The topological polar surface area (TPSA) is 38.7 Å². The molecule has 0 saturated carbocycles. The van der Waals surface area contributed by atoms with Gasteiger partial charge in [0.25, 0.3) is 0 Å². The minimum Gasteiger partial charge on any atom is -0.208 e. The van der Waals surface area contributed by atoms with Gasteiger partial charge in [0.2, 0.25) is 0 Å². The Hall–Kier alpha value is -5.97. The van der Waals surface area contributed by atoms with Crippen LogP contribution in [0.5, 0.6) is 0 Å². The van der Waals surface area contributed by atoms with Crippen molar-refractivity contribution in [1.82, 2.24) is 15.0 Å². The molecule has 0 N–H and O–H groups in total. The van der Waals surface area contributed by atoms with Crippen molar-refractivity contribution in [2.75, 3.05) is 0 Å². The summed E-state index contributed by atoms with van der Waals surface area (Å²) in [6.07, 6.45) is 0. The fourth-order valence-corrected chi connectivity index (χ4v) is 7.51. The van der Waals surface area contributed by atoms with Crippen LogP contribution in [-0.4, -0.2) is 15.0 Å². The predicted octanol–water partition coefficient (Wildman–Crippen LogP) is 11.7. The van der Waals surface area contributed by atoms with Gasteiger partial charge >= 0.3 is 0 Å². The Morgan fingerprint density at radius 1 is 0.298 bits per heavy atom. The number of aromatic nitrogens is 3. The summed E-state index contributed by atoms with van der Waals surface area (Å²) in [5.41, 5.74) is 7.68. The molecule has 0 fully saturated rings. The molecule has 0 atom stereocenters. The van der Waals surface area contributed by atoms with Crippen LogP contribution in [0.1, 0.15) is 0 Å². The lowest BCUT2D eigenvalue weighted by molar-refractivity contribution is 1.08. The lowest BCUT2D eigenvalue weighted by Crippen LogP contribution is -2.00. The molecule has 3 nitrogen and oxygen atoms in total. The maximum Gasteiger partial charge on any atom is 0.164 e. The van der Waals surface area contributed by atoms with E-state index in [1.54, 1.807) is 0 Å². The van der Waals surface area contributed by atoms with E-state index in [0.29, 0.717) is 17.5 Å². The zero-order chi connectivity index (χ0) is 31.2. The third-order valence-electron chi connectivity index (χ3n) is 8.77. The first kappa shape index (κ1) is 27.3. The smallest absolute Gasteiger partial charge is 0.164 e. The Labute approximate surface area is 276 Å². The molecule has 47 heavy (non-hydrogen) atoms. The zero-order valence-electron chi connectivity index (χ0n) is 25.3. The van der Waals surface area contributed by atoms with Gasteiger partial charge in [-0.25, -0.2) is 15.0 Å². The van der Waals surface area contributed by atoms with Crippen LogP contribution < -0.4 is 0 Å². The number of rotatable bonds is 5. The van der Waals surface area contributed by atoms with Crippen molar-refractivity contribution in [3.63, 3.8) is 0 Å². The molecule has 0 unspecified atom stereocenters. The third-order valence-corrected chi connectivity index (χ3v) is 9.92. The molecule has 9 rings (SSSR count). The lowest BCUT2D eigenvalue weighted by Gasteiger charge is -2.13. The highest BCUT2D eigenvalue weighted by Crippen LogP contribution is 2.38. The van der Waals surface area contributed by atoms with Crippen molar-refractivity contribution >= 4 is 42.3 Å². The van der Waals surface area contributed by atoms with Gasteiger partial charge in [-0.05, 0) is 57.3 Å². The van der Waals surface area contributed by atoms with Crippen LogP contribution >= 0.6 is 11.3 Å². The quantitative estimate of drug-likeness (QED) is 0.193. The van der Waals surface area contributed by atoms with E-state index in [-0.39, 0.29) is 0 Å². The summed E-state index contributed by atoms with van der Waals surface area (Å²) >= 11 is 1.85. The number of benzene rings is 7. The molecular formula is C43H27N3S. The summed E-state index contributed by atoms with van der Waals surface area (Å²) in [6.45, 7) is 0. The molecule has 7 aromatic carbocycles. The van der Waals surface area contributed by atoms with Crippen molar-refractivity contribution in [3.05, 3.63) is 164 Å². The Balaban J connectivity index is 1.13. The highest BCUT2D eigenvalue weighted by atomic mass is 32.1. The van der Waals surface area contributed by atoms with E-state index in [1.807, 2.05) is 72.0 Å². The van der Waals surface area contributed by atoms with Gasteiger partial charge in [0, 0.05) is 36.9 Å². The van der Waals surface area contributed by atoms with Gasteiger partial charge in [0.05, 0.1) is 0 Å². The minimum atomic E-state index is 0.659. The molecule has 0 aliphatic rings. The molecule has 0 amide bonds. The highest BCUT2D eigenvalue weighted by Gasteiger charge is 2.16. The van der Waals surface area contributed by atoms with Crippen LogP contribution in [0.25, 0.3) is 87.4 Å². The number of fused-ring (bicyclic) bond motifs is 4. The minimum absolute atomic E-state index is 0.659. The van der Waals surface area contributed by atoms with Crippen molar-refractivity contribution in [3.8, 4) is 56.4 Å². The monoisotopic (exact) mass is 617 g/mol. The second-order valence-corrected chi connectivity index (χ2v) is 12.7. The standard InChI is InChI=1S/C43H27N3S/c1-3-11-30(12-4-1)41-44-42(31-13-5-2-6-14-31)46-43(45-41)37-25-24-33(34-15-7-8-16-35(34)37)29-21-19-28(20-22-29)32-23-26-40-38(27-32)36-17-9-10-18-39(36)47-40/h1-27H. The summed E-state index contributed by atoms with van der Waals surface area (Å²) in [6, 6.07) is 57.5. The maximum absolute atomic E-state index is 5.01. The summed E-state index contributed by atoms with van der Waals surface area (Å²) in [7, 11) is 0. The third kappa shape index (κ3) is 4.96. The van der Waals surface area contributed by atoms with E-state index in [2.05, 4.69) is 103 Å². The first-order chi connectivity index (χ1) is 23.3. The van der Waals surface area contributed by atoms with Gasteiger partial charge in [-0.15, -0.1) is 11.3 Å². The summed E-state index contributed by atoms with van der Waals surface area (Å²) < 4.78 is 2.65. The van der Waals surface area contributed by atoms with Crippen molar-refractivity contribution in [1.29, 1.82) is 0 Å². The zero-order valence-corrected chi connectivity index (χ0v) is 26.2. The van der Waals surface area contributed by atoms with Crippen LogP contribution in [0.4, 0.5) is 0 Å². The first-order valence-corrected chi connectivity index (χ1v) is 16.5. The summed E-state index contributed by atoms with van der Waals surface area (Å²) in [5, 5.41) is 4.90. The largest absolute Gasteiger partial charge is 0.208 e. The first-order valence-electron chi connectivity index (χ1n) is 15.7. The van der Waals surface area contributed by atoms with Crippen LogP contribution in [0.3, 0.4) is 0 Å². The van der Waals surface area contributed by atoms with E-state index < -0.39 is 0 Å². The van der Waals surface area contributed by atoms with E-state index in [1.165, 1.54) is 42.4 Å². The van der Waals surface area contributed by atoms with E-state index in [0.717, 1.165) is 27.5 Å². The number of hydrogen-bond donors (Lipinski definition) is 0. The van der Waals surface area contributed by atoms with Gasteiger partial charge in [-0.3, -0.25) is 0 Å². The Morgan fingerprint density at radius 3 is 1.47 bits per heavy atom. The van der Waals surface area contributed by atoms with Crippen LogP contribution in [0.15, 0.2) is 164 Å². The molecule has 2 aromatic heterocycles. The summed E-state index contributed by atoms with van der Waals surface area (Å²) in [4.78, 5) is 14.9. The molecule has 2 heterocycles. The highest BCUT2D eigenvalue weighted by molar-refractivity contribution is 7.25. The Kier molecular flexibility index (Phi) is 6.65. The van der Waals surface area contributed by atoms with Crippen LogP contribution in [-0.2, 0) is 0 Å². The maximum atomic E-state index is 5.01. The van der Waals surface area contributed by atoms with Crippen LogP contribution in [0.2, 0.25) is 0 Å². The van der Waals surface area contributed by atoms with Gasteiger partial charge in [-0.1, -0.05) is 140 Å². The second-order valence-electron chi connectivity index (χ2n) is 11.6. The molecule has 0 bridgehead atoms. The van der Waals surface area contributed by atoms with Crippen LogP contribution in [0, 0.1) is 0 Å². The molecule has 0 aliphatic heterocycles. The van der Waals surface area contributed by atoms with Gasteiger partial charge in [-0.2, -0.15) is 0 Å². The van der Waals surface area contributed by atoms with E-state index >= 15 is 0 Å². The fraction of sp³-hybridized carbons (Fsp3) is 0. The molecule has 0 spiro atoms. The molecule has 0 saturated heterocycles. The number of nitrogens with zero attached hydrogens (tertiary/aromatic N) is 3.